The number of aromatic amines is 1. The Hall–Kier alpha value is -1.97. The summed E-state index contributed by atoms with van der Waals surface area (Å²) in [4.78, 5) is 28.5. The quantitative estimate of drug-likeness (QED) is 0.569. The first-order valence-electron chi connectivity index (χ1n) is 5.74. The van der Waals surface area contributed by atoms with Crippen molar-refractivity contribution < 1.29 is 14.9 Å². The third-order valence-corrected chi connectivity index (χ3v) is 3.15. The van der Waals surface area contributed by atoms with Gasteiger partial charge in [0.05, 0.1) is 12.7 Å². The third kappa shape index (κ3) is 1.87. The third-order valence-electron chi connectivity index (χ3n) is 3.15. The van der Waals surface area contributed by atoms with E-state index in [9.17, 15) is 14.7 Å². The molecule has 0 aliphatic carbocycles. The van der Waals surface area contributed by atoms with E-state index >= 15 is 0 Å². The molecule has 19 heavy (non-hydrogen) atoms. The fourth-order valence-corrected chi connectivity index (χ4v) is 2.21. The summed E-state index contributed by atoms with van der Waals surface area (Å²) in [6.07, 6.45) is 1.17. The lowest BCUT2D eigenvalue weighted by molar-refractivity contribution is -0.0432. The number of aliphatic hydroxyl groups is 2. The molecule has 0 unspecified atom stereocenters. The van der Waals surface area contributed by atoms with Crippen LogP contribution in [0.3, 0.4) is 0 Å². The Bertz CT molecular complexity index is 717. The van der Waals surface area contributed by atoms with Gasteiger partial charge in [0, 0.05) is 18.8 Å². The second kappa shape index (κ2) is 4.30. The highest BCUT2D eigenvalue weighted by molar-refractivity contribution is 5.28. The van der Waals surface area contributed by atoms with Crippen LogP contribution < -0.4 is 11.4 Å². The monoisotopic (exact) mass is 268 g/mol. The summed E-state index contributed by atoms with van der Waals surface area (Å²) in [5.74, 6) is 0.129. The average Bonchev–Trinajstić information content (AvgIpc) is 2.92. The van der Waals surface area contributed by atoms with Gasteiger partial charge in [-0.05, 0) is 0 Å². The fraction of sp³-hybridized carbons (Fsp3) is 0.500. The van der Waals surface area contributed by atoms with Gasteiger partial charge in [0.2, 0.25) is 5.78 Å². The number of hydrogen-bond donors (Lipinski definition) is 3. The van der Waals surface area contributed by atoms with Crippen LogP contribution >= 0.6 is 0 Å². The number of ether oxygens (including phenoxy) is 1. The first-order chi connectivity index (χ1) is 9.10. The van der Waals surface area contributed by atoms with Crippen molar-refractivity contribution in [1.82, 2.24) is 18.9 Å². The van der Waals surface area contributed by atoms with Crippen LogP contribution in [0.4, 0.5) is 0 Å². The van der Waals surface area contributed by atoms with E-state index in [1.165, 1.54) is 21.4 Å². The smallest absolute Gasteiger partial charge is 0.352 e. The molecule has 0 spiro atoms. The molecule has 3 rings (SSSR count). The summed E-state index contributed by atoms with van der Waals surface area (Å²) in [5, 5.41) is 18.7. The van der Waals surface area contributed by atoms with Crippen molar-refractivity contribution in [3.63, 3.8) is 0 Å². The molecule has 0 radical (unpaired) electrons. The van der Waals surface area contributed by atoms with Gasteiger partial charge in [-0.25, -0.2) is 14.0 Å². The van der Waals surface area contributed by atoms with Gasteiger partial charge < -0.3 is 14.9 Å². The second-order valence-corrected chi connectivity index (χ2v) is 4.34. The van der Waals surface area contributed by atoms with Crippen molar-refractivity contribution in [2.24, 2.45) is 0 Å². The van der Waals surface area contributed by atoms with Crippen LogP contribution in [-0.4, -0.2) is 48.0 Å². The molecule has 3 atom stereocenters. The molecule has 2 aromatic heterocycles. The molecule has 9 heteroatoms. The number of aromatic nitrogens is 4. The minimum Gasteiger partial charge on any atom is -0.394 e. The van der Waals surface area contributed by atoms with Crippen LogP contribution in [0.15, 0.2) is 22.0 Å². The standard InChI is InChI=1S/C10H12N4O5/c15-4-6-5(16)3-7(19-6)13-1-2-14-9(13)11-8(17)12-10(14)18/h1-2,5-7,15-16H,3-4H2,(H,12,17,18)/t5-,6+,7+/m0/s1. The highest BCUT2D eigenvalue weighted by Crippen LogP contribution is 2.29. The van der Waals surface area contributed by atoms with Crippen LogP contribution in [0.2, 0.25) is 0 Å². The van der Waals surface area contributed by atoms with E-state index in [2.05, 4.69) is 4.98 Å². The number of imidazole rings is 1. The minimum absolute atomic E-state index is 0.129. The van der Waals surface area contributed by atoms with Crippen molar-refractivity contribution in [3.05, 3.63) is 33.4 Å². The van der Waals surface area contributed by atoms with E-state index < -0.39 is 29.8 Å². The maximum absolute atomic E-state index is 11.5. The summed E-state index contributed by atoms with van der Waals surface area (Å²) in [6, 6.07) is 0. The van der Waals surface area contributed by atoms with E-state index in [0.29, 0.717) is 0 Å². The molecule has 1 fully saturated rings. The Labute approximate surface area is 105 Å². The molecular weight excluding hydrogens is 256 g/mol. The lowest BCUT2D eigenvalue weighted by atomic mass is 10.2. The number of fused-ring (bicyclic) bond motifs is 1. The Morgan fingerprint density at radius 3 is 2.95 bits per heavy atom. The van der Waals surface area contributed by atoms with Gasteiger partial charge in [-0.3, -0.25) is 9.55 Å². The summed E-state index contributed by atoms with van der Waals surface area (Å²) in [5.41, 5.74) is -1.34. The van der Waals surface area contributed by atoms with Crippen molar-refractivity contribution >= 4 is 5.78 Å². The number of nitrogens with zero attached hydrogens (tertiary/aromatic N) is 3. The Kier molecular flexibility index (Phi) is 2.73. The SMILES string of the molecule is O=c1nc2n([C@H]3C[C@H](O)[C@@H](CO)O3)ccn2c(=O)[nH]1. The summed E-state index contributed by atoms with van der Waals surface area (Å²) in [6.45, 7) is -0.301. The maximum atomic E-state index is 11.5. The van der Waals surface area contributed by atoms with Crippen LogP contribution in [0.1, 0.15) is 12.6 Å². The first kappa shape index (κ1) is 12.1. The molecule has 102 valence electrons. The van der Waals surface area contributed by atoms with Crippen LogP contribution in [0.25, 0.3) is 5.78 Å². The van der Waals surface area contributed by atoms with E-state index in [4.69, 9.17) is 9.84 Å². The first-order valence-corrected chi connectivity index (χ1v) is 5.74. The lowest BCUT2D eigenvalue weighted by Crippen LogP contribution is -2.28. The molecule has 2 aromatic rings. The van der Waals surface area contributed by atoms with Gasteiger partial charge in [0.15, 0.2) is 0 Å². The van der Waals surface area contributed by atoms with Gasteiger partial charge in [-0.2, -0.15) is 4.98 Å². The number of rotatable bonds is 2. The molecule has 1 saturated heterocycles. The highest BCUT2D eigenvalue weighted by atomic mass is 16.5. The normalized spacial score (nSPS) is 27.2. The van der Waals surface area contributed by atoms with Crippen molar-refractivity contribution in [1.29, 1.82) is 0 Å². The molecule has 9 nitrogen and oxygen atoms in total. The predicted molar refractivity (Wildman–Crippen MR) is 61.7 cm³/mol. The molecule has 3 N–H and O–H groups in total. The number of H-pyrrole nitrogens is 1. The largest absolute Gasteiger partial charge is 0.394 e. The van der Waals surface area contributed by atoms with Gasteiger partial charge >= 0.3 is 11.4 Å². The molecule has 0 aromatic carbocycles. The summed E-state index contributed by atoms with van der Waals surface area (Å²) < 4.78 is 8.10. The summed E-state index contributed by atoms with van der Waals surface area (Å²) in [7, 11) is 0. The molecular formula is C10H12N4O5. The minimum atomic E-state index is -0.800. The van der Waals surface area contributed by atoms with E-state index in [1.807, 2.05) is 4.98 Å². The number of nitrogens with one attached hydrogen (secondary N) is 1. The fourth-order valence-electron chi connectivity index (χ4n) is 2.21. The van der Waals surface area contributed by atoms with Crippen molar-refractivity contribution in [3.8, 4) is 0 Å². The van der Waals surface area contributed by atoms with Crippen LogP contribution in [-0.2, 0) is 4.74 Å². The van der Waals surface area contributed by atoms with E-state index in [1.54, 1.807) is 0 Å². The highest BCUT2D eigenvalue weighted by Gasteiger charge is 2.35. The number of hydrogen-bond acceptors (Lipinski definition) is 6. The Morgan fingerprint density at radius 1 is 1.47 bits per heavy atom. The predicted octanol–water partition coefficient (Wildman–Crippen LogP) is -2.17. The van der Waals surface area contributed by atoms with Crippen molar-refractivity contribution in [2.45, 2.75) is 24.9 Å². The van der Waals surface area contributed by atoms with E-state index in [0.717, 1.165) is 0 Å². The molecule has 0 amide bonds. The van der Waals surface area contributed by atoms with Gasteiger partial charge in [0.1, 0.15) is 12.3 Å². The molecule has 1 aliphatic rings. The Balaban J connectivity index is 2.07. The zero-order chi connectivity index (χ0) is 13.6. The Morgan fingerprint density at radius 2 is 2.26 bits per heavy atom. The van der Waals surface area contributed by atoms with Gasteiger partial charge in [-0.1, -0.05) is 0 Å². The van der Waals surface area contributed by atoms with Crippen LogP contribution in [0, 0.1) is 0 Å². The van der Waals surface area contributed by atoms with Crippen molar-refractivity contribution in [2.75, 3.05) is 6.61 Å². The summed E-state index contributed by atoms with van der Waals surface area (Å²) >= 11 is 0. The lowest BCUT2D eigenvalue weighted by Gasteiger charge is -2.13. The molecule has 3 heterocycles. The molecule has 1 aliphatic heterocycles. The van der Waals surface area contributed by atoms with Gasteiger partial charge in [0.25, 0.3) is 0 Å². The number of aliphatic hydroxyl groups excluding tert-OH is 2. The van der Waals surface area contributed by atoms with Gasteiger partial charge in [-0.15, -0.1) is 0 Å². The van der Waals surface area contributed by atoms with Crippen LogP contribution in [0.5, 0.6) is 0 Å². The maximum Gasteiger partial charge on any atom is 0.352 e. The molecule has 0 bridgehead atoms. The zero-order valence-electron chi connectivity index (χ0n) is 9.76. The van der Waals surface area contributed by atoms with E-state index in [-0.39, 0.29) is 18.8 Å². The topological polar surface area (TPSA) is 122 Å². The molecule has 0 saturated carbocycles. The zero-order valence-corrected chi connectivity index (χ0v) is 9.76. The second-order valence-electron chi connectivity index (χ2n) is 4.34. The average molecular weight is 268 g/mol.